The van der Waals surface area contributed by atoms with E-state index >= 15 is 0 Å². The molecule has 2 aliphatic rings. The van der Waals surface area contributed by atoms with Crippen LogP contribution >= 0.6 is 0 Å². The third-order valence-electron chi connectivity index (χ3n) is 18.9. The molecule has 90 heavy (non-hydrogen) atoms. The van der Waals surface area contributed by atoms with Gasteiger partial charge in [0.2, 0.25) is 0 Å². The molecule has 0 saturated heterocycles. The lowest BCUT2D eigenvalue weighted by Gasteiger charge is -2.44. The topological polar surface area (TPSA) is 11.4 Å². The number of rotatable bonds is 9. The Labute approximate surface area is 524 Å². The zero-order valence-corrected chi connectivity index (χ0v) is 49.3. The summed E-state index contributed by atoms with van der Waals surface area (Å²) in [5, 5.41) is 7.37. The van der Waals surface area contributed by atoms with Crippen LogP contribution in [0.4, 0.5) is 34.1 Å². The third-order valence-corrected chi connectivity index (χ3v) is 18.9. The maximum absolute atomic E-state index is 2.56. The van der Waals surface area contributed by atoms with Crippen LogP contribution in [0.3, 0.4) is 0 Å². The van der Waals surface area contributed by atoms with Crippen LogP contribution in [0, 0.1) is 0 Å². The van der Waals surface area contributed by atoms with E-state index in [-0.39, 0.29) is 6.71 Å². The fraction of sp³-hybridized carbons (Fsp3) is 0. The molecule has 18 rings (SSSR count). The van der Waals surface area contributed by atoms with Gasteiger partial charge in [0, 0.05) is 44.9 Å². The number of hydrogen-bond acceptors (Lipinski definition) is 2. The van der Waals surface area contributed by atoms with Crippen molar-refractivity contribution in [1.82, 2.24) is 4.57 Å². The van der Waals surface area contributed by atoms with E-state index in [2.05, 4.69) is 354 Å². The average Bonchev–Trinajstić information content (AvgIpc) is 0.840. The normalized spacial score (nSPS) is 12.4. The summed E-state index contributed by atoms with van der Waals surface area (Å²) in [6, 6.07) is 126. The molecule has 418 valence electrons. The fourth-order valence-corrected chi connectivity index (χ4v) is 14.9. The lowest BCUT2D eigenvalue weighted by Crippen LogP contribution is -2.61. The molecule has 0 spiro atoms. The molecule has 4 heteroatoms. The molecule has 0 saturated carbocycles. The Bertz CT molecular complexity index is 5200. The highest BCUT2D eigenvalue weighted by molar-refractivity contribution is 7.00. The van der Waals surface area contributed by atoms with Gasteiger partial charge in [-0.15, -0.1) is 0 Å². The molecule has 3 nitrogen and oxygen atoms in total. The van der Waals surface area contributed by atoms with Crippen molar-refractivity contribution in [2.24, 2.45) is 0 Å². The monoisotopic (exact) mass is 1140 g/mol. The van der Waals surface area contributed by atoms with Crippen LogP contribution in [0.25, 0.3) is 116 Å². The molecule has 0 radical (unpaired) electrons. The van der Waals surface area contributed by atoms with Gasteiger partial charge in [0.25, 0.3) is 6.71 Å². The van der Waals surface area contributed by atoms with Crippen molar-refractivity contribution in [1.29, 1.82) is 0 Å². The van der Waals surface area contributed by atoms with Crippen LogP contribution in [0.5, 0.6) is 0 Å². The molecule has 15 aromatic carbocycles. The first-order valence-corrected chi connectivity index (χ1v) is 31.2. The lowest BCUT2D eigenvalue weighted by atomic mass is 9.33. The van der Waals surface area contributed by atoms with E-state index in [4.69, 9.17) is 0 Å². The summed E-state index contributed by atoms with van der Waals surface area (Å²) in [7, 11) is 0. The largest absolute Gasteiger partial charge is 0.311 e. The highest BCUT2D eigenvalue weighted by Crippen LogP contribution is 2.50. The molecule has 0 N–H and O–H groups in total. The lowest BCUT2D eigenvalue weighted by molar-refractivity contribution is 1.16. The van der Waals surface area contributed by atoms with E-state index in [1.54, 1.807) is 0 Å². The van der Waals surface area contributed by atoms with Crippen molar-refractivity contribution in [3.8, 4) is 72.4 Å². The third kappa shape index (κ3) is 8.30. The highest BCUT2D eigenvalue weighted by atomic mass is 15.2. The van der Waals surface area contributed by atoms with Crippen LogP contribution in [0.15, 0.2) is 340 Å². The first-order chi connectivity index (χ1) is 44.7. The van der Waals surface area contributed by atoms with E-state index < -0.39 is 0 Å². The molecule has 2 aliphatic heterocycles. The van der Waals surface area contributed by atoms with E-state index in [0.717, 1.165) is 50.8 Å². The van der Waals surface area contributed by atoms with Gasteiger partial charge in [-0.2, -0.15) is 0 Å². The summed E-state index contributed by atoms with van der Waals surface area (Å²) in [5.41, 5.74) is 28.3. The number of anilines is 6. The van der Waals surface area contributed by atoms with Crippen LogP contribution in [-0.4, -0.2) is 11.3 Å². The first-order valence-electron chi connectivity index (χ1n) is 31.2. The maximum atomic E-state index is 2.56. The van der Waals surface area contributed by atoms with E-state index in [0.29, 0.717) is 0 Å². The van der Waals surface area contributed by atoms with Gasteiger partial charge in [0.1, 0.15) is 0 Å². The second-order valence-electron chi connectivity index (χ2n) is 23.9. The minimum Gasteiger partial charge on any atom is -0.311 e. The standard InChI is InChI=1S/C86H56BN3/c1-6-22-57(23-7-1)61-38-45-67(46-39-61)88-80-50-42-64(59-26-10-3-11-27-59)53-76(80)87-77-54-65(60-28-12-4-13-29-60)43-51-81(77)89(68-47-40-62(41-48-68)58-24-8-2-9-25-58)83-56-69(55-82(88)86(83)87)90-78-37-21-20-32-70(78)75-52-66(44-49-79(75)90)85-73-35-18-16-33-71(73)84(63-30-14-5-15-31-63)72-34-17-19-36-74(72)85/h1-56H. The van der Waals surface area contributed by atoms with Crippen LogP contribution in [0.1, 0.15) is 0 Å². The second-order valence-corrected chi connectivity index (χ2v) is 23.9. The molecule has 1 aromatic heterocycles. The predicted molar refractivity (Wildman–Crippen MR) is 382 cm³/mol. The van der Waals surface area contributed by atoms with Gasteiger partial charge >= 0.3 is 0 Å². The molecular weight excluding hydrogens is 1090 g/mol. The van der Waals surface area contributed by atoms with Crippen LogP contribution in [-0.2, 0) is 0 Å². The number of nitrogens with zero attached hydrogens (tertiary/aromatic N) is 3. The molecule has 0 amide bonds. The molecule has 0 bridgehead atoms. The Kier molecular flexibility index (Phi) is 12.0. The Hall–Kier alpha value is -11.7. The number of aromatic nitrogens is 1. The van der Waals surface area contributed by atoms with Crippen LogP contribution in [0.2, 0.25) is 0 Å². The minimum absolute atomic E-state index is 0.139. The van der Waals surface area contributed by atoms with Gasteiger partial charge in [0.15, 0.2) is 0 Å². The van der Waals surface area contributed by atoms with E-state index in [1.165, 1.54) is 115 Å². The summed E-state index contributed by atoms with van der Waals surface area (Å²) in [5.74, 6) is 0. The van der Waals surface area contributed by atoms with Gasteiger partial charge in [0.05, 0.1) is 16.7 Å². The molecule has 0 aliphatic carbocycles. The van der Waals surface area contributed by atoms with Crippen molar-refractivity contribution in [2.45, 2.75) is 0 Å². The minimum atomic E-state index is -0.139. The summed E-state index contributed by atoms with van der Waals surface area (Å²) < 4.78 is 2.53. The Balaban J connectivity index is 0.918. The van der Waals surface area contributed by atoms with Gasteiger partial charge < -0.3 is 14.4 Å². The van der Waals surface area contributed by atoms with Gasteiger partial charge in [-0.25, -0.2) is 0 Å². The molecule has 0 fully saturated rings. The van der Waals surface area contributed by atoms with Crippen LogP contribution < -0.4 is 26.2 Å². The number of benzene rings is 15. The van der Waals surface area contributed by atoms with E-state index in [9.17, 15) is 0 Å². The van der Waals surface area contributed by atoms with Gasteiger partial charge in [-0.3, -0.25) is 0 Å². The maximum Gasteiger partial charge on any atom is 0.252 e. The molecule has 0 unspecified atom stereocenters. The van der Waals surface area contributed by atoms with Crippen molar-refractivity contribution < 1.29 is 0 Å². The highest BCUT2D eigenvalue weighted by Gasteiger charge is 2.44. The molecule has 16 aromatic rings. The summed E-state index contributed by atoms with van der Waals surface area (Å²) in [6.45, 7) is -0.139. The summed E-state index contributed by atoms with van der Waals surface area (Å²) in [6.07, 6.45) is 0. The number of hydrogen-bond donors (Lipinski definition) is 0. The SMILES string of the molecule is c1ccc(-c2ccc(N3c4ccc(-c5ccccc5)cc4B4c5cc(-c6ccccc6)ccc5N(c5ccc(-c6ccccc6)cc5)c5cc(-n6c7ccccc7c7cc(-c8c9ccccc9c(-c9ccccc9)c9ccccc89)ccc76)cc3c54)cc2)cc1. The second kappa shape index (κ2) is 21.0. The predicted octanol–water partition coefficient (Wildman–Crippen LogP) is 21.2. The summed E-state index contributed by atoms with van der Waals surface area (Å²) >= 11 is 0. The zero-order chi connectivity index (χ0) is 59.2. The Morgan fingerprint density at radius 1 is 0.200 bits per heavy atom. The van der Waals surface area contributed by atoms with Crippen molar-refractivity contribution >= 4 is 101 Å². The quantitative estimate of drug-likeness (QED) is 0.105. The van der Waals surface area contributed by atoms with Crippen molar-refractivity contribution in [2.75, 3.05) is 9.80 Å². The molecular formula is C86H56BN3. The fourth-order valence-electron chi connectivity index (χ4n) is 14.9. The Morgan fingerprint density at radius 3 is 0.978 bits per heavy atom. The smallest absolute Gasteiger partial charge is 0.252 e. The summed E-state index contributed by atoms with van der Waals surface area (Å²) in [4.78, 5) is 5.11. The first kappa shape index (κ1) is 51.5. The number of para-hydroxylation sites is 1. The number of fused-ring (bicyclic) bond motifs is 9. The molecule has 3 heterocycles. The van der Waals surface area contributed by atoms with Crippen molar-refractivity contribution in [3.05, 3.63) is 340 Å². The average molecular weight is 1140 g/mol. The van der Waals surface area contributed by atoms with Gasteiger partial charge in [-0.1, -0.05) is 273 Å². The Morgan fingerprint density at radius 2 is 0.533 bits per heavy atom. The van der Waals surface area contributed by atoms with Crippen molar-refractivity contribution in [3.63, 3.8) is 0 Å². The van der Waals surface area contributed by atoms with E-state index in [1.807, 2.05) is 0 Å². The van der Waals surface area contributed by atoms with Gasteiger partial charge in [-0.05, 0) is 171 Å². The zero-order valence-electron chi connectivity index (χ0n) is 49.3. The molecule has 0 atom stereocenters.